The number of carbonyl (C=O) groups excluding carboxylic acids is 1. The monoisotopic (exact) mass is 212 g/mol. The maximum absolute atomic E-state index is 11.6. The van der Waals surface area contributed by atoms with Crippen LogP contribution in [0.4, 0.5) is 4.79 Å². The molecule has 2 saturated heterocycles. The minimum absolute atomic E-state index is 0.168. The summed E-state index contributed by atoms with van der Waals surface area (Å²) in [5.74, 6) is 0.645. The van der Waals surface area contributed by atoms with Gasteiger partial charge in [-0.3, -0.25) is 0 Å². The van der Waals surface area contributed by atoms with E-state index in [9.17, 15) is 4.79 Å². The number of hydrogen-bond acceptors (Lipinski definition) is 3. The van der Waals surface area contributed by atoms with Gasteiger partial charge < -0.3 is 15.0 Å². The lowest BCUT2D eigenvalue weighted by Crippen LogP contribution is -2.62. The molecule has 2 rings (SSSR count). The number of ether oxygens (including phenoxy) is 1. The van der Waals surface area contributed by atoms with Gasteiger partial charge in [0.1, 0.15) is 5.60 Å². The molecule has 0 aromatic heterocycles. The van der Waals surface area contributed by atoms with Crippen LogP contribution in [-0.2, 0) is 4.74 Å². The first-order valence-corrected chi connectivity index (χ1v) is 5.67. The molecule has 0 radical (unpaired) electrons. The van der Waals surface area contributed by atoms with Crippen molar-refractivity contribution < 1.29 is 9.53 Å². The molecule has 4 nitrogen and oxygen atoms in total. The molecule has 1 N–H and O–H groups in total. The molecular weight excluding hydrogens is 192 g/mol. The lowest BCUT2D eigenvalue weighted by Gasteiger charge is -2.46. The maximum Gasteiger partial charge on any atom is 0.410 e. The topological polar surface area (TPSA) is 41.6 Å². The zero-order valence-electron chi connectivity index (χ0n) is 9.75. The van der Waals surface area contributed by atoms with E-state index in [1.807, 2.05) is 20.8 Å². The van der Waals surface area contributed by atoms with E-state index >= 15 is 0 Å². The Morgan fingerprint density at radius 1 is 1.40 bits per heavy atom. The van der Waals surface area contributed by atoms with Gasteiger partial charge in [0.15, 0.2) is 0 Å². The summed E-state index contributed by atoms with van der Waals surface area (Å²) in [5.41, 5.74) is -0.378. The Morgan fingerprint density at radius 3 is 2.40 bits per heavy atom. The maximum atomic E-state index is 11.6. The molecule has 2 heterocycles. The van der Waals surface area contributed by atoms with Crippen molar-refractivity contribution >= 4 is 6.09 Å². The van der Waals surface area contributed by atoms with Crippen molar-refractivity contribution in [2.45, 2.75) is 38.8 Å². The molecule has 0 aliphatic carbocycles. The van der Waals surface area contributed by atoms with Crippen molar-refractivity contribution in [3.8, 4) is 0 Å². The number of amides is 1. The summed E-state index contributed by atoms with van der Waals surface area (Å²) >= 11 is 0. The van der Waals surface area contributed by atoms with Gasteiger partial charge in [-0.1, -0.05) is 0 Å². The zero-order chi connectivity index (χ0) is 11.1. The van der Waals surface area contributed by atoms with Crippen molar-refractivity contribution in [2.75, 3.05) is 19.6 Å². The van der Waals surface area contributed by atoms with Crippen molar-refractivity contribution in [3.63, 3.8) is 0 Å². The van der Waals surface area contributed by atoms with Crippen LogP contribution in [0.15, 0.2) is 0 Å². The summed E-state index contributed by atoms with van der Waals surface area (Å²) in [6.45, 7) is 8.54. The van der Waals surface area contributed by atoms with Crippen molar-refractivity contribution in [3.05, 3.63) is 0 Å². The van der Waals surface area contributed by atoms with Gasteiger partial charge in [-0.05, 0) is 33.7 Å². The second kappa shape index (κ2) is 3.67. The standard InChI is InChI=1S/C11H20N2O2/c1-11(2,3)15-10(14)13-6-8(7-13)9-4-5-12-9/h8-9,12H,4-7H2,1-3H3/t9-/m1/s1. The Balaban J connectivity index is 1.71. The number of likely N-dealkylation sites (tertiary alicyclic amines) is 1. The fourth-order valence-corrected chi connectivity index (χ4v) is 1.96. The highest BCUT2D eigenvalue weighted by molar-refractivity contribution is 5.69. The molecule has 86 valence electrons. The van der Waals surface area contributed by atoms with Crippen molar-refractivity contribution in [2.24, 2.45) is 5.92 Å². The van der Waals surface area contributed by atoms with Crippen LogP contribution in [-0.4, -0.2) is 42.3 Å². The number of nitrogens with zero attached hydrogens (tertiary/aromatic N) is 1. The summed E-state index contributed by atoms with van der Waals surface area (Å²) in [4.78, 5) is 13.4. The highest BCUT2D eigenvalue weighted by Crippen LogP contribution is 2.25. The molecule has 0 unspecified atom stereocenters. The molecular formula is C11H20N2O2. The second-order valence-corrected chi connectivity index (χ2v) is 5.49. The van der Waals surface area contributed by atoms with E-state index in [0.717, 1.165) is 19.6 Å². The Hall–Kier alpha value is -0.770. The third-order valence-electron chi connectivity index (χ3n) is 2.99. The quantitative estimate of drug-likeness (QED) is 0.710. The normalized spacial score (nSPS) is 26.9. The minimum atomic E-state index is -0.378. The fourth-order valence-electron chi connectivity index (χ4n) is 1.96. The number of carbonyl (C=O) groups is 1. The van der Waals surface area contributed by atoms with Gasteiger partial charge in [-0.15, -0.1) is 0 Å². The molecule has 0 aromatic carbocycles. The largest absolute Gasteiger partial charge is 0.444 e. The van der Waals surface area contributed by atoms with E-state index in [1.54, 1.807) is 4.90 Å². The summed E-state index contributed by atoms with van der Waals surface area (Å²) in [6, 6.07) is 0.642. The Kier molecular flexibility index (Phi) is 2.63. The summed E-state index contributed by atoms with van der Waals surface area (Å²) in [6.07, 6.45) is 1.09. The van der Waals surface area contributed by atoms with E-state index in [4.69, 9.17) is 4.74 Å². The molecule has 2 aliphatic rings. The van der Waals surface area contributed by atoms with Crippen LogP contribution in [0.5, 0.6) is 0 Å². The molecule has 0 spiro atoms. The van der Waals surface area contributed by atoms with Crippen molar-refractivity contribution in [1.82, 2.24) is 10.2 Å². The van der Waals surface area contributed by atoms with Crippen LogP contribution in [0, 0.1) is 5.92 Å². The Morgan fingerprint density at radius 2 is 2.00 bits per heavy atom. The van der Waals surface area contributed by atoms with E-state index in [1.165, 1.54) is 6.42 Å². The highest BCUT2D eigenvalue weighted by Gasteiger charge is 2.39. The van der Waals surface area contributed by atoms with Gasteiger partial charge in [0.2, 0.25) is 0 Å². The van der Waals surface area contributed by atoms with Gasteiger partial charge in [0.25, 0.3) is 0 Å². The Bertz CT molecular complexity index is 250. The van der Waals surface area contributed by atoms with Gasteiger partial charge in [0.05, 0.1) is 0 Å². The van der Waals surface area contributed by atoms with Gasteiger partial charge in [-0.2, -0.15) is 0 Å². The molecule has 0 saturated carbocycles. The molecule has 0 aromatic rings. The lowest BCUT2D eigenvalue weighted by atomic mass is 9.86. The third kappa shape index (κ3) is 2.43. The van der Waals surface area contributed by atoms with Crippen LogP contribution in [0.3, 0.4) is 0 Å². The second-order valence-electron chi connectivity index (χ2n) is 5.49. The molecule has 2 fully saturated rings. The summed E-state index contributed by atoms with van der Waals surface area (Å²) in [5, 5.41) is 3.38. The molecule has 4 heteroatoms. The summed E-state index contributed by atoms with van der Waals surface area (Å²) in [7, 11) is 0. The lowest BCUT2D eigenvalue weighted by molar-refractivity contribution is -0.0114. The van der Waals surface area contributed by atoms with E-state index < -0.39 is 0 Å². The minimum Gasteiger partial charge on any atom is -0.444 e. The zero-order valence-corrected chi connectivity index (χ0v) is 9.75. The first-order chi connectivity index (χ1) is 6.96. The predicted molar refractivity (Wildman–Crippen MR) is 57.7 cm³/mol. The SMILES string of the molecule is CC(C)(C)OC(=O)N1CC([C@H]2CCN2)C1. The predicted octanol–water partition coefficient (Wildman–Crippen LogP) is 1.22. The van der Waals surface area contributed by atoms with E-state index in [2.05, 4.69) is 5.32 Å². The molecule has 1 atom stereocenters. The first-order valence-electron chi connectivity index (χ1n) is 5.67. The molecule has 15 heavy (non-hydrogen) atoms. The number of hydrogen-bond donors (Lipinski definition) is 1. The molecule has 0 bridgehead atoms. The van der Waals surface area contributed by atoms with Crippen LogP contribution >= 0.6 is 0 Å². The highest BCUT2D eigenvalue weighted by atomic mass is 16.6. The van der Waals surface area contributed by atoms with Crippen LogP contribution in [0.25, 0.3) is 0 Å². The van der Waals surface area contributed by atoms with Gasteiger partial charge >= 0.3 is 6.09 Å². The number of rotatable bonds is 1. The number of nitrogens with one attached hydrogen (secondary N) is 1. The Labute approximate surface area is 91.0 Å². The van der Waals surface area contributed by atoms with Crippen LogP contribution < -0.4 is 5.32 Å². The summed E-state index contributed by atoms with van der Waals surface area (Å²) < 4.78 is 5.29. The van der Waals surface area contributed by atoms with E-state index in [-0.39, 0.29) is 11.7 Å². The van der Waals surface area contributed by atoms with Crippen molar-refractivity contribution in [1.29, 1.82) is 0 Å². The first kappa shape index (κ1) is 10.7. The molecule has 1 amide bonds. The fraction of sp³-hybridized carbons (Fsp3) is 0.909. The molecule has 2 aliphatic heterocycles. The van der Waals surface area contributed by atoms with E-state index in [0.29, 0.717) is 12.0 Å². The van der Waals surface area contributed by atoms with Gasteiger partial charge in [0, 0.05) is 25.0 Å². The van der Waals surface area contributed by atoms with Crippen LogP contribution in [0.1, 0.15) is 27.2 Å². The third-order valence-corrected chi connectivity index (χ3v) is 2.99. The van der Waals surface area contributed by atoms with Gasteiger partial charge in [-0.25, -0.2) is 4.79 Å². The van der Waals surface area contributed by atoms with Crippen LogP contribution in [0.2, 0.25) is 0 Å². The average molecular weight is 212 g/mol. The smallest absolute Gasteiger partial charge is 0.410 e. The average Bonchev–Trinajstić information content (AvgIpc) is 1.86.